The molecule has 1 fully saturated rings. The van der Waals surface area contributed by atoms with Crippen LogP contribution in [0.4, 0.5) is 8.78 Å². The van der Waals surface area contributed by atoms with Gasteiger partial charge in [-0.05, 0) is 92.2 Å². The fourth-order valence-electron chi connectivity index (χ4n) is 5.44. The first-order valence-electron chi connectivity index (χ1n) is 12.4. The van der Waals surface area contributed by atoms with E-state index in [9.17, 15) is 13.6 Å². The molecule has 1 aliphatic rings. The van der Waals surface area contributed by atoms with Gasteiger partial charge < -0.3 is 9.88 Å². The van der Waals surface area contributed by atoms with Crippen LogP contribution in [0.2, 0.25) is 0 Å². The van der Waals surface area contributed by atoms with E-state index in [1.807, 2.05) is 47.9 Å². The molecule has 1 aliphatic heterocycles. The summed E-state index contributed by atoms with van der Waals surface area (Å²) in [6.45, 7) is 4.90. The van der Waals surface area contributed by atoms with Crippen molar-refractivity contribution in [3.8, 4) is 0 Å². The molecule has 0 amide bonds. The smallest absolute Gasteiger partial charge is 0.306 e. The number of fused-ring (bicyclic) bond motifs is 1. The Balaban J connectivity index is 1.21. The summed E-state index contributed by atoms with van der Waals surface area (Å²) in [4.78, 5) is 18.1. The predicted octanol–water partition coefficient (Wildman–Crippen LogP) is 6.17. The maximum absolute atomic E-state index is 13.5. The second kappa shape index (κ2) is 10.2. The molecule has 3 aromatic carbocycles. The number of nitrogens with one attached hydrogen (secondary N) is 1. The van der Waals surface area contributed by atoms with Crippen LogP contribution in [-0.2, 0) is 0 Å². The lowest BCUT2D eigenvalue weighted by Crippen LogP contribution is -2.37. The molecular weight excluding hydrogens is 444 g/mol. The molecule has 182 valence electrons. The highest BCUT2D eigenvalue weighted by Gasteiger charge is 2.24. The molecule has 1 saturated heterocycles. The van der Waals surface area contributed by atoms with Crippen LogP contribution < -0.4 is 5.69 Å². The van der Waals surface area contributed by atoms with Crippen LogP contribution in [0.3, 0.4) is 0 Å². The van der Waals surface area contributed by atoms with Crippen LogP contribution >= 0.6 is 0 Å². The third kappa shape index (κ3) is 5.22. The Morgan fingerprint density at radius 3 is 2.11 bits per heavy atom. The van der Waals surface area contributed by atoms with Gasteiger partial charge in [-0.2, -0.15) is 0 Å². The van der Waals surface area contributed by atoms with E-state index in [-0.39, 0.29) is 29.3 Å². The van der Waals surface area contributed by atoms with E-state index < -0.39 is 0 Å². The summed E-state index contributed by atoms with van der Waals surface area (Å²) >= 11 is 0. The highest BCUT2D eigenvalue weighted by Crippen LogP contribution is 2.31. The number of benzene rings is 3. The predicted molar refractivity (Wildman–Crippen MR) is 136 cm³/mol. The van der Waals surface area contributed by atoms with E-state index in [4.69, 9.17) is 0 Å². The first-order chi connectivity index (χ1) is 17.0. The second-order valence-corrected chi connectivity index (χ2v) is 9.69. The van der Waals surface area contributed by atoms with E-state index in [2.05, 4.69) is 16.0 Å². The van der Waals surface area contributed by atoms with Crippen LogP contribution in [-0.4, -0.2) is 34.1 Å². The fourth-order valence-corrected chi connectivity index (χ4v) is 5.44. The molecule has 5 rings (SSSR count). The fraction of sp³-hybridized carbons (Fsp3) is 0.345. The Morgan fingerprint density at radius 2 is 1.51 bits per heavy atom. The molecule has 0 spiro atoms. The van der Waals surface area contributed by atoms with Crippen molar-refractivity contribution in [2.24, 2.45) is 0 Å². The van der Waals surface area contributed by atoms with Gasteiger partial charge in [-0.15, -0.1) is 0 Å². The molecule has 0 bridgehead atoms. The molecular formula is C29H31F2N3O. The van der Waals surface area contributed by atoms with E-state index in [0.29, 0.717) is 0 Å². The highest BCUT2D eigenvalue weighted by atomic mass is 19.1. The number of aromatic amines is 1. The molecule has 0 radical (unpaired) electrons. The first kappa shape index (κ1) is 23.5. The van der Waals surface area contributed by atoms with Crippen LogP contribution in [0.5, 0.6) is 0 Å². The number of nitrogens with zero attached hydrogens (tertiary/aromatic N) is 2. The number of aryl methyl sites for hydroxylation is 1. The van der Waals surface area contributed by atoms with Crippen LogP contribution in [0, 0.1) is 18.6 Å². The van der Waals surface area contributed by atoms with E-state index in [1.54, 1.807) is 0 Å². The molecule has 0 atom stereocenters. The number of rotatable bonds is 7. The number of likely N-dealkylation sites (tertiary alicyclic amines) is 1. The molecule has 0 aliphatic carbocycles. The van der Waals surface area contributed by atoms with Gasteiger partial charge in [-0.1, -0.05) is 30.3 Å². The average Bonchev–Trinajstić information content (AvgIpc) is 3.18. The summed E-state index contributed by atoms with van der Waals surface area (Å²) in [6.07, 6.45) is 3.77. The summed E-state index contributed by atoms with van der Waals surface area (Å²) in [6, 6.07) is 19.6. The molecule has 6 heteroatoms. The van der Waals surface area contributed by atoms with E-state index in [0.717, 1.165) is 73.0 Å². The normalized spacial score (nSPS) is 15.3. The molecule has 4 nitrogen and oxygen atoms in total. The minimum absolute atomic E-state index is 0.0227. The van der Waals surface area contributed by atoms with E-state index in [1.165, 1.54) is 24.3 Å². The molecule has 0 unspecified atom stereocenters. The number of hydrogen-bond acceptors (Lipinski definition) is 2. The van der Waals surface area contributed by atoms with Crippen molar-refractivity contribution >= 4 is 11.0 Å². The van der Waals surface area contributed by atoms with Crippen molar-refractivity contribution in [3.63, 3.8) is 0 Å². The topological polar surface area (TPSA) is 41.0 Å². The Bertz CT molecular complexity index is 1290. The van der Waals surface area contributed by atoms with Crippen molar-refractivity contribution in [3.05, 3.63) is 106 Å². The Kier molecular flexibility index (Phi) is 6.82. The van der Waals surface area contributed by atoms with Crippen molar-refractivity contribution in [2.45, 2.75) is 44.6 Å². The number of piperidine rings is 1. The SMILES string of the molecule is Cc1ccc2c(c1)[nH]c(=O)n2C1CCN(CCCC(c2ccc(F)cc2)c2ccc(F)cc2)CC1. The Morgan fingerprint density at radius 1 is 0.914 bits per heavy atom. The Labute approximate surface area is 204 Å². The number of hydrogen-bond donors (Lipinski definition) is 1. The summed E-state index contributed by atoms with van der Waals surface area (Å²) < 4.78 is 28.9. The molecule has 2 heterocycles. The van der Waals surface area contributed by atoms with Gasteiger partial charge in [0.25, 0.3) is 0 Å². The first-order valence-corrected chi connectivity index (χ1v) is 12.4. The van der Waals surface area contributed by atoms with Gasteiger partial charge in [-0.25, -0.2) is 13.6 Å². The zero-order valence-corrected chi connectivity index (χ0v) is 20.0. The third-order valence-corrected chi connectivity index (χ3v) is 7.31. The third-order valence-electron chi connectivity index (χ3n) is 7.31. The zero-order chi connectivity index (χ0) is 24.4. The summed E-state index contributed by atoms with van der Waals surface area (Å²) in [5.41, 5.74) is 5.10. The van der Waals surface area contributed by atoms with Gasteiger partial charge >= 0.3 is 5.69 Å². The maximum Gasteiger partial charge on any atom is 0.326 e. The van der Waals surface area contributed by atoms with Gasteiger partial charge in [-0.3, -0.25) is 4.57 Å². The van der Waals surface area contributed by atoms with Crippen molar-refractivity contribution < 1.29 is 8.78 Å². The van der Waals surface area contributed by atoms with Crippen LogP contribution in [0.1, 0.15) is 54.3 Å². The lowest BCUT2D eigenvalue weighted by Gasteiger charge is -2.33. The zero-order valence-electron chi connectivity index (χ0n) is 20.0. The van der Waals surface area contributed by atoms with Crippen LogP contribution in [0.15, 0.2) is 71.5 Å². The monoisotopic (exact) mass is 475 g/mol. The van der Waals surface area contributed by atoms with Crippen LogP contribution in [0.25, 0.3) is 11.0 Å². The average molecular weight is 476 g/mol. The second-order valence-electron chi connectivity index (χ2n) is 9.69. The minimum Gasteiger partial charge on any atom is -0.306 e. The van der Waals surface area contributed by atoms with E-state index >= 15 is 0 Å². The van der Waals surface area contributed by atoms with Gasteiger partial charge in [0, 0.05) is 25.0 Å². The molecule has 0 saturated carbocycles. The van der Waals surface area contributed by atoms with Gasteiger partial charge in [0.2, 0.25) is 0 Å². The molecule has 1 aromatic heterocycles. The number of H-pyrrole nitrogens is 1. The highest BCUT2D eigenvalue weighted by molar-refractivity contribution is 5.76. The van der Waals surface area contributed by atoms with Crippen molar-refractivity contribution in [1.82, 2.24) is 14.5 Å². The molecule has 1 N–H and O–H groups in total. The number of imidazole rings is 1. The van der Waals surface area contributed by atoms with Gasteiger partial charge in [0.05, 0.1) is 11.0 Å². The number of aromatic nitrogens is 2. The lowest BCUT2D eigenvalue weighted by molar-refractivity contribution is 0.183. The largest absolute Gasteiger partial charge is 0.326 e. The summed E-state index contributed by atoms with van der Waals surface area (Å²) in [5, 5.41) is 0. The molecule has 4 aromatic rings. The van der Waals surface area contributed by atoms with Crippen molar-refractivity contribution in [1.29, 1.82) is 0 Å². The molecule has 35 heavy (non-hydrogen) atoms. The Hall–Kier alpha value is -3.25. The lowest BCUT2D eigenvalue weighted by atomic mass is 9.87. The van der Waals surface area contributed by atoms with Gasteiger partial charge in [0.1, 0.15) is 11.6 Å². The van der Waals surface area contributed by atoms with Crippen molar-refractivity contribution in [2.75, 3.05) is 19.6 Å². The maximum atomic E-state index is 13.5. The van der Waals surface area contributed by atoms with Gasteiger partial charge in [0.15, 0.2) is 0 Å². The quantitative estimate of drug-likeness (QED) is 0.348. The summed E-state index contributed by atoms with van der Waals surface area (Å²) in [5.74, 6) is -0.403. The standard InChI is InChI=1S/C29H31F2N3O/c1-20-4-13-28-27(19-20)32-29(35)34(28)25-14-17-33(18-15-25)16-2-3-26(21-5-9-23(30)10-6-21)22-7-11-24(31)12-8-22/h4-13,19,25-26H,2-3,14-18H2,1H3,(H,32,35). The number of halogens is 2. The minimum atomic E-state index is -0.251. The summed E-state index contributed by atoms with van der Waals surface area (Å²) in [7, 11) is 0.